The van der Waals surface area contributed by atoms with Gasteiger partial charge in [-0.05, 0) is 31.2 Å². The zero-order chi connectivity index (χ0) is 20.1. The number of nitrogens with one attached hydrogen (secondary N) is 2. The highest BCUT2D eigenvalue weighted by molar-refractivity contribution is 5.92. The number of hydrogen-bond donors (Lipinski definition) is 2. The van der Waals surface area contributed by atoms with Crippen LogP contribution in [0.5, 0.6) is 0 Å². The minimum absolute atomic E-state index is 0.623. The van der Waals surface area contributed by atoms with E-state index in [1.54, 1.807) is 31.1 Å². The van der Waals surface area contributed by atoms with Crippen molar-refractivity contribution >= 4 is 22.1 Å². The van der Waals surface area contributed by atoms with E-state index in [4.69, 9.17) is 9.97 Å². The van der Waals surface area contributed by atoms with Gasteiger partial charge in [0.1, 0.15) is 11.0 Å². The maximum absolute atomic E-state index is 4.81. The molecule has 0 aliphatic carbocycles. The molecular weight excluding hydrogens is 378 g/mol. The lowest BCUT2D eigenvalue weighted by atomic mass is 10.2. The van der Waals surface area contributed by atoms with Crippen molar-refractivity contribution in [3.8, 4) is 28.5 Å². The van der Waals surface area contributed by atoms with Crippen LogP contribution >= 0.6 is 0 Å². The van der Waals surface area contributed by atoms with Gasteiger partial charge in [0, 0.05) is 24.2 Å². The van der Waals surface area contributed by atoms with E-state index < -0.39 is 0 Å². The molecule has 0 spiro atoms. The van der Waals surface area contributed by atoms with Crippen LogP contribution in [-0.2, 0) is 0 Å². The van der Waals surface area contributed by atoms with Crippen LogP contribution in [0.3, 0.4) is 0 Å². The smallest absolute Gasteiger partial charge is 0.161 e. The van der Waals surface area contributed by atoms with Gasteiger partial charge in [0.25, 0.3) is 0 Å². The molecule has 30 heavy (non-hydrogen) atoms. The SMILES string of the molecule is Cc1cn(-c2cncc3[nH]c(-c4n[nH]c5ccc(-c6cccnc6)nc45)nc23)cn1. The zero-order valence-corrected chi connectivity index (χ0v) is 15.9. The van der Waals surface area contributed by atoms with E-state index in [0.29, 0.717) is 11.5 Å². The quantitative estimate of drug-likeness (QED) is 0.476. The van der Waals surface area contributed by atoms with Gasteiger partial charge in [-0.2, -0.15) is 5.10 Å². The Morgan fingerprint density at radius 2 is 1.90 bits per heavy atom. The summed E-state index contributed by atoms with van der Waals surface area (Å²) in [5.41, 5.74) is 7.37. The van der Waals surface area contributed by atoms with Crippen LogP contribution in [0.1, 0.15) is 5.69 Å². The summed E-state index contributed by atoms with van der Waals surface area (Å²) >= 11 is 0. The van der Waals surface area contributed by atoms with E-state index in [1.807, 2.05) is 42.0 Å². The largest absolute Gasteiger partial charge is 0.335 e. The summed E-state index contributed by atoms with van der Waals surface area (Å²) in [6, 6.07) is 7.78. The summed E-state index contributed by atoms with van der Waals surface area (Å²) in [4.78, 5) is 25.8. The van der Waals surface area contributed by atoms with Gasteiger partial charge in [0.05, 0.1) is 46.8 Å². The van der Waals surface area contributed by atoms with Crippen molar-refractivity contribution < 1.29 is 0 Å². The number of imidazole rings is 2. The maximum Gasteiger partial charge on any atom is 0.161 e. The molecule has 6 heterocycles. The van der Waals surface area contributed by atoms with Crippen LogP contribution in [0.4, 0.5) is 0 Å². The highest BCUT2D eigenvalue weighted by atomic mass is 15.2. The third kappa shape index (κ3) is 2.56. The number of H-pyrrole nitrogens is 2. The molecule has 9 nitrogen and oxygen atoms in total. The highest BCUT2D eigenvalue weighted by Gasteiger charge is 2.17. The highest BCUT2D eigenvalue weighted by Crippen LogP contribution is 2.28. The molecule has 0 aromatic carbocycles. The van der Waals surface area contributed by atoms with E-state index in [9.17, 15) is 0 Å². The molecule has 0 saturated heterocycles. The minimum atomic E-state index is 0.623. The second kappa shape index (κ2) is 6.31. The van der Waals surface area contributed by atoms with Gasteiger partial charge in [-0.15, -0.1) is 0 Å². The molecule has 144 valence electrons. The van der Waals surface area contributed by atoms with Gasteiger partial charge >= 0.3 is 0 Å². The lowest BCUT2D eigenvalue weighted by Gasteiger charge is -2.01. The second-order valence-corrected chi connectivity index (χ2v) is 6.97. The van der Waals surface area contributed by atoms with Crippen molar-refractivity contribution in [1.29, 1.82) is 0 Å². The predicted molar refractivity (Wildman–Crippen MR) is 112 cm³/mol. The molecule has 6 aromatic rings. The van der Waals surface area contributed by atoms with E-state index in [2.05, 4.69) is 30.1 Å². The fourth-order valence-electron chi connectivity index (χ4n) is 3.51. The Morgan fingerprint density at radius 1 is 0.933 bits per heavy atom. The van der Waals surface area contributed by atoms with Crippen molar-refractivity contribution in [2.24, 2.45) is 0 Å². The molecule has 0 amide bonds. The Morgan fingerprint density at radius 3 is 2.73 bits per heavy atom. The summed E-state index contributed by atoms with van der Waals surface area (Å²) in [7, 11) is 0. The molecule has 0 fully saturated rings. The molecule has 0 radical (unpaired) electrons. The molecule has 0 bridgehead atoms. The first kappa shape index (κ1) is 16.5. The Bertz CT molecular complexity index is 1510. The lowest BCUT2D eigenvalue weighted by Crippen LogP contribution is -1.92. The Kier molecular flexibility index (Phi) is 3.48. The Labute approximate surface area is 169 Å². The number of fused-ring (bicyclic) bond motifs is 2. The third-order valence-electron chi connectivity index (χ3n) is 4.95. The topological polar surface area (TPSA) is 114 Å². The van der Waals surface area contributed by atoms with Crippen molar-refractivity contribution in [1.82, 2.24) is 44.7 Å². The summed E-state index contributed by atoms with van der Waals surface area (Å²) in [5, 5.41) is 7.51. The fourth-order valence-corrected chi connectivity index (χ4v) is 3.51. The summed E-state index contributed by atoms with van der Waals surface area (Å²) in [5.74, 6) is 0.623. The first-order valence-electron chi connectivity index (χ1n) is 9.37. The van der Waals surface area contributed by atoms with Crippen molar-refractivity contribution in [3.63, 3.8) is 0 Å². The van der Waals surface area contributed by atoms with Crippen LogP contribution in [0, 0.1) is 6.92 Å². The molecule has 0 aliphatic heterocycles. The number of rotatable bonds is 3. The molecule has 0 aliphatic rings. The second-order valence-electron chi connectivity index (χ2n) is 6.97. The summed E-state index contributed by atoms with van der Waals surface area (Å²) in [6.45, 7) is 1.95. The molecule has 6 rings (SSSR count). The average molecular weight is 393 g/mol. The number of nitrogens with zero attached hydrogens (tertiary/aromatic N) is 7. The van der Waals surface area contributed by atoms with Gasteiger partial charge < -0.3 is 9.55 Å². The Hall–Kier alpha value is -4.40. The van der Waals surface area contributed by atoms with Crippen LogP contribution in [0.25, 0.3) is 50.5 Å². The number of pyridine rings is 3. The normalized spacial score (nSPS) is 11.5. The first-order chi connectivity index (χ1) is 14.8. The number of hydrogen-bond acceptors (Lipinski definition) is 6. The van der Waals surface area contributed by atoms with E-state index in [0.717, 1.165) is 44.7 Å². The van der Waals surface area contributed by atoms with Gasteiger partial charge in [-0.25, -0.2) is 15.0 Å². The van der Waals surface area contributed by atoms with Crippen LogP contribution < -0.4 is 0 Å². The first-order valence-corrected chi connectivity index (χ1v) is 9.37. The lowest BCUT2D eigenvalue weighted by molar-refractivity contribution is 1.05. The molecule has 2 N–H and O–H groups in total. The van der Waals surface area contributed by atoms with Crippen LogP contribution in [-0.4, -0.2) is 44.7 Å². The molecule has 9 heteroatoms. The van der Waals surface area contributed by atoms with Crippen LogP contribution in [0.15, 0.2) is 61.6 Å². The molecule has 0 unspecified atom stereocenters. The van der Waals surface area contributed by atoms with Gasteiger partial charge in [0.2, 0.25) is 0 Å². The van der Waals surface area contributed by atoms with E-state index in [-0.39, 0.29) is 0 Å². The molecule has 0 atom stereocenters. The van der Waals surface area contributed by atoms with Crippen LogP contribution in [0.2, 0.25) is 0 Å². The third-order valence-corrected chi connectivity index (χ3v) is 4.95. The fraction of sp³-hybridized carbons (Fsp3) is 0.0476. The minimum Gasteiger partial charge on any atom is -0.335 e. The summed E-state index contributed by atoms with van der Waals surface area (Å²) in [6.07, 6.45) is 10.8. The average Bonchev–Trinajstić information content (AvgIpc) is 3.51. The predicted octanol–water partition coefficient (Wildman–Crippen LogP) is 3.45. The van der Waals surface area contributed by atoms with Crippen molar-refractivity contribution in [3.05, 3.63) is 67.3 Å². The monoisotopic (exact) mass is 393 g/mol. The van der Waals surface area contributed by atoms with E-state index in [1.165, 1.54) is 0 Å². The standard InChI is InChI=1S/C21H15N9/c1-12-10-30(11-24-12)17-9-23-8-16-18(17)27-21(26-16)20-19-15(28-29-20)5-4-14(25-19)13-3-2-6-22-7-13/h2-11H,1H3,(H,26,27)(H,28,29). The van der Waals surface area contributed by atoms with E-state index >= 15 is 0 Å². The summed E-state index contributed by atoms with van der Waals surface area (Å²) < 4.78 is 1.91. The van der Waals surface area contributed by atoms with Crippen molar-refractivity contribution in [2.45, 2.75) is 6.92 Å². The Balaban J connectivity index is 1.52. The molecule has 6 aromatic heterocycles. The van der Waals surface area contributed by atoms with Gasteiger partial charge in [-0.1, -0.05) is 0 Å². The van der Waals surface area contributed by atoms with Gasteiger partial charge in [-0.3, -0.25) is 15.1 Å². The zero-order valence-electron chi connectivity index (χ0n) is 15.9. The number of aryl methyl sites for hydroxylation is 1. The number of aromatic nitrogens is 9. The van der Waals surface area contributed by atoms with Crippen molar-refractivity contribution in [2.75, 3.05) is 0 Å². The number of aromatic amines is 2. The molecule has 0 saturated carbocycles. The van der Waals surface area contributed by atoms with Gasteiger partial charge in [0.15, 0.2) is 11.5 Å². The molecular formula is C21H15N9. The maximum atomic E-state index is 4.81.